The smallest absolute Gasteiger partial charge is 0.0444 e. The third kappa shape index (κ3) is 3.34. The van der Waals surface area contributed by atoms with E-state index in [0.717, 1.165) is 6.42 Å². The van der Waals surface area contributed by atoms with Crippen molar-refractivity contribution < 1.29 is 0 Å². The van der Waals surface area contributed by atoms with Crippen molar-refractivity contribution in [2.24, 2.45) is 0 Å². The molecule has 0 amide bonds. The van der Waals surface area contributed by atoms with Crippen LogP contribution in [0.2, 0.25) is 0 Å². The summed E-state index contributed by atoms with van der Waals surface area (Å²) in [7, 11) is 2.02. The molecule has 0 aliphatic heterocycles. The van der Waals surface area contributed by atoms with E-state index in [0.29, 0.717) is 0 Å². The van der Waals surface area contributed by atoms with Gasteiger partial charge in [-0.25, -0.2) is 0 Å². The van der Waals surface area contributed by atoms with E-state index in [1.54, 1.807) is 0 Å². The molecular formula is C16H20ClN. The molecule has 96 valence electrons. The minimum Gasteiger partial charge on any atom is -0.310 e. The molecular weight excluding hydrogens is 242 g/mol. The van der Waals surface area contributed by atoms with Crippen molar-refractivity contribution in [1.82, 2.24) is 5.32 Å². The zero-order valence-electron chi connectivity index (χ0n) is 10.9. The number of hydrogen-bond acceptors (Lipinski definition) is 1. The Morgan fingerprint density at radius 1 is 0.889 bits per heavy atom. The quantitative estimate of drug-likeness (QED) is 0.883. The third-order valence-electron chi connectivity index (χ3n) is 3.36. The number of rotatable bonds is 4. The second-order valence-electron chi connectivity index (χ2n) is 4.61. The third-order valence-corrected chi connectivity index (χ3v) is 3.36. The van der Waals surface area contributed by atoms with E-state index in [4.69, 9.17) is 0 Å². The van der Waals surface area contributed by atoms with Crippen LogP contribution in [-0.4, -0.2) is 7.05 Å². The summed E-state index contributed by atoms with van der Waals surface area (Å²) in [6.07, 6.45) is 0.994. The van der Waals surface area contributed by atoms with Crippen LogP contribution in [0.1, 0.15) is 18.1 Å². The standard InChI is InChI=1S/C16H19N.ClH/c1-16(17-2,15-11-7-4-8-12-15)13-14-9-5-3-6-10-14;/h3-12,17H,13H2,1-2H3;1H. The fourth-order valence-corrected chi connectivity index (χ4v) is 2.14. The van der Waals surface area contributed by atoms with E-state index in [-0.39, 0.29) is 17.9 Å². The van der Waals surface area contributed by atoms with Gasteiger partial charge in [-0.05, 0) is 31.5 Å². The maximum absolute atomic E-state index is 3.44. The maximum atomic E-state index is 3.44. The van der Waals surface area contributed by atoms with Gasteiger partial charge in [0, 0.05) is 5.54 Å². The second-order valence-corrected chi connectivity index (χ2v) is 4.61. The lowest BCUT2D eigenvalue weighted by molar-refractivity contribution is 0.397. The van der Waals surface area contributed by atoms with E-state index in [1.807, 2.05) is 7.05 Å². The summed E-state index contributed by atoms with van der Waals surface area (Å²) in [5.41, 5.74) is 2.67. The molecule has 2 rings (SSSR count). The average Bonchev–Trinajstić information content (AvgIpc) is 2.41. The summed E-state index contributed by atoms with van der Waals surface area (Å²) < 4.78 is 0. The van der Waals surface area contributed by atoms with Crippen LogP contribution >= 0.6 is 12.4 Å². The first kappa shape index (κ1) is 14.7. The molecule has 2 aromatic rings. The first-order valence-corrected chi connectivity index (χ1v) is 6.03. The van der Waals surface area contributed by atoms with Gasteiger partial charge in [0.25, 0.3) is 0 Å². The van der Waals surface area contributed by atoms with Crippen LogP contribution in [0.4, 0.5) is 0 Å². The minimum atomic E-state index is -0.0113. The largest absolute Gasteiger partial charge is 0.310 e. The molecule has 0 radical (unpaired) electrons. The molecule has 0 saturated carbocycles. The molecule has 0 aromatic heterocycles. The molecule has 1 unspecified atom stereocenters. The monoisotopic (exact) mass is 261 g/mol. The Morgan fingerprint density at radius 2 is 1.39 bits per heavy atom. The fourth-order valence-electron chi connectivity index (χ4n) is 2.14. The van der Waals surface area contributed by atoms with Gasteiger partial charge in [0.15, 0.2) is 0 Å². The first-order chi connectivity index (χ1) is 8.24. The molecule has 0 heterocycles. The first-order valence-electron chi connectivity index (χ1n) is 6.03. The number of benzene rings is 2. The second kappa shape index (κ2) is 6.58. The minimum absolute atomic E-state index is 0. The molecule has 0 saturated heterocycles. The van der Waals surface area contributed by atoms with Gasteiger partial charge in [-0.3, -0.25) is 0 Å². The van der Waals surface area contributed by atoms with Crippen molar-refractivity contribution in [3.8, 4) is 0 Å². The van der Waals surface area contributed by atoms with Crippen molar-refractivity contribution in [3.63, 3.8) is 0 Å². The molecule has 1 nitrogen and oxygen atoms in total. The highest BCUT2D eigenvalue weighted by Crippen LogP contribution is 2.24. The highest BCUT2D eigenvalue weighted by atomic mass is 35.5. The number of likely N-dealkylation sites (N-methyl/N-ethyl adjacent to an activating group) is 1. The zero-order valence-corrected chi connectivity index (χ0v) is 11.7. The van der Waals surface area contributed by atoms with Crippen LogP contribution < -0.4 is 5.32 Å². The van der Waals surface area contributed by atoms with Crippen LogP contribution in [0.5, 0.6) is 0 Å². The van der Waals surface area contributed by atoms with Crippen LogP contribution in [0.15, 0.2) is 60.7 Å². The SMILES string of the molecule is CNC(C)(Cc1ccccc1)c1ccccc1.Cl. The van der Waals surface area contributed by atoms with Crippen molar-refractivity contribution in [1.29, 1.82) is 0 Å². The normalized spacial score (nSPS) is 13.4. The summed E-state index contributed by atoms with van der Waals surface area (Å²) in [5.74, 6) is 0. The van der Waals surface area contributed by atoms with E-state index in [2.05, 4.69) is 72.9 Å². The van der Waals surface area contributed by atoms with Gasteiger partial charge in [-0.2, -0.15) is 0 Å². The van der Waals surface area contributed by atoms with E-state index >= 15 is 0 Å². The molecule has 0 aliphatic carbocycles. The lowest BCUT2D eigenvalue weighted by atomic mass is 9.86. The van der Waals surface area contributed by atoms with Crippen LogP contribution in [0.25, 0.3) is 0 Å². The van der Waals surface area contributed by atoms with Crippen molar-refractivity contribution in [2.45, 2.75) is 18.9 Å². The maximum Gasteiger partial charge on any atom is 0.0444 e. The molecule has 0 spiro atoms. The van der Waals surface area contributed by atoms with Gasteiger partial charge >= 0.3 is 0 Å². The molecule has 1 atom stereocenters. The molecule has 0 fully saturated rings. The Hall–Kier alpha value is -1.31. The van der Waals surface area contributed by atoms with Crippen molar-refractivity contribution >= 4 is 12.4 Å². The van der Waals surface area contributed by atoms with Gasteiger partial charge < -0.3 is 5.32 Å². The van der Waals surface area contributed by atoms with Gasteiger partial charge in [0.1, 0.15) is 0 Å². The predicted octanol–water partition coefficient (Wildman–Crippen LogP) is 3.79. The Labute approximate surface area is 116 Å². The molecule has 18 heavy (non-hydrogen) atoms. The lowest BCUT2D eigenvalue weighted by Crippen LogP contribution is -2.38. The summed E-state index contributed by atoms with van der Waals surface area (Å²) >= 11 is 0. The predicted molar refractivity (Wildman–Crippen MR) is 80.2 cm³/mol. The topological polar surface area (TPSA) is 12.0 Å². The van der Waals surface area contributed by atoms with E-state index in [1.165, 1.54) is 11.1 Å². The van der Waals surface area contributed by atoms with E-state index in [9.17, 15) is 0 Å². The van der Waals surface area contributed by atoms with Gasteiger partial charge in [0.2, 0.25) is 0 Å². The Balaban J connectivity index is 0.00000162. The van der Waals surface area contributed by atoms with Gasteiger partial charge in [0.05, 0.1) is 0 Å². The fraction of sp³-hybridized carbons (Fsp3) is 0.250. The molecule has 2 aromatic carbocycles. The molecule has 2 heteroatoms. The Kier molecular flexibility index (Phi) is 5.39. The lowest BCUT2D eigenvalue weighted by Gasteiger charge is -2.30. The Bertz CT molecular complexity index is 455. The summed E-state index contributed by atoms with van der Waals surface area (Å²) in [5, 5.41) is 3.44. The van der Waals surface area contributed by atoms with Crippen molar-refractivity contribution in [3.05, 3.63) is 71.8 Å². The average molecular weight is 262 g/mol. The van der Waals surface area contributed by atoms with E-state index < -0.39 is 0 Å². The zero-order chi connectivity index (χ0) is 12.1. The summed E-state index contributed by atoms with van der Waals surface area (Å²) in [6, 6.07) is 21.2. The number of halogens is 1. The summed E-state index contributed by atoms with van der Waals surface area (Å²) in [4.78, 5) is 0. The van der Waals surface area contributed by atoms with Crippen LogP contribution in [0.3, 0.4) is 0 Å². The molecule has 0 aliphatic rings. The summed E-state index contributed by atoms with van der Waals surface area (Å²) in [6.45, 7) is 2.25. The number of nitrogens with one attached hydrogen (secondary N) is 1. The molecule has 0 bridgehead atoms. The number of hydrogen-bond donors (Lipinski definition) is 1. The van der Waals surface area contributed by atoms with Crippen LogP contribution in [0, 0.1) is 0 Å². The van der Waals surface area contributed by atoms with Gasteiger partial charge in [-0.1, -0.05) is 60.7 Å². The van der Waals surface area contributed by atoms with Crippen LogP contribution in [-0.2, 0) is 12.0 Å². The Morgan fingerprint density at radius 3 is 1.89 bits per heavy atom. The van der Waals surface area contributed by atoms with Crippen molar-refractivity contribution in [2.75, 3.05) is 7.05 Å². The highest BCUT2D eigenvalue weighted by Gasteiger charge is 2.24. The van der Waals surface area contributed by atoms with Gasteiger partial charge in [-0.15, -0.1) is 12.4 Å². The highest BCUT2D eigenvalue weighted by molar-refractivity contribution is 5.85. The molecule has 1 N–H and O–H groups in total.